The lowest BCUT2D eigenvalue weighted by Gasteiger charge is -2.20. The number of anilines is 1. The Morgan fingerprint density at radius 3 is 2.41 bits per heavy atom. The number of hydrogen-bond acceptors (Lipinski definition) is 8. The van der Waals surface area contributed by atoms with Gasteiger partial charge in [0.2, 0.25) is 16.6 Å². The number of benzene rings is 2. The molecule has 1 saturated heterocycles. The third-order valence-corrected chi connectivity index (χ3v) is 8.65. The highest BCUT2D eigenvalue weighted by Crippen LogP contribution is 2.40. The first-order valence-corrected chi connectivity index (χ1v) is 13.0. The molecule has 8 nitrogen and oxygen atoms in total. The van der Waals surface area contributed by atoms with E-state index in [0.29, 0.717) is 30.5 Å². The van der Waals surface area contributed by atoms with Crippen molar-refractivity contribution in [2.45, 2.75) is 35.3 Å². The predicted octanol–water partition coefficient (Wildman–Crippen LogP) is 3.36. The van der Waals surface area contributed by atoms with Crippen LogP contribution in [0.5, 0.6) is 11.5 Å². The van der Waals surface area contributed by atoms with Gasteiger partial charge in [0.15, 0.2) is 16.5 Å². The molecule has 0 amide bonds. The zero-order chi connectivity index (χ0) is 23.1. The maximum absolute atomic E-state index is 12.7. The lowest BCUT2D eigenvalue weighted by Crippen LogP contribution is -2.25. The molecule has 176 valence electrons. The van der Waals surface area contributed by atoms with Gasteiger partial charge in [-0.25, -0.2) is 8.42 Å². The molecule has 1 aromatic heterocycles. The van der Waals surface area contributed by atoms with E-state index < -0.39 is 9.84 Å². The molecule has 1 aliphatic carbocycles. The Hall–Kier alpha value is -3.17. The SMILES string of the molecule is O=S(=O)(c1ccccc1)c1ccc(NC2C[C@@H]3CN(Cc4ccc5c(c4)OCO5)C[C@@H]3C2)nn1. The van der Waals surface area contributed by atoms with Crippen LogP contribution >= 0.6 is 0 Å². The molecule has 9 heteroatoms. The standard InChI is InChI=1S/C25H26N4O4S/c30-34(31,21-4-2-1-3-5-21)25-9-8-24(27-28-25)26-20-11-18-14-29(15-19(18)12-20)13-17-6-7-22-23(10-17)33-16-32-22/h1-10,18-20H,11-16H2,(H,26,27)/t18-,19+,20?. The molecule has 0 spiro atoms. The number of nitrogens with zero attached hydrogens (tertiary/aromatic N) is 3. The van der Waals surface area contributed by atoms with Crippen molar-refractivity contribution in [1.82, 2.24) is 15.1 Å². The summed E-state index contributed by atoms with van der Waals surface area (Å²) in [5.41, 5.74) is 1.25. The molecule has 6 rings (SSSR count). The molecule has 0 bridgehead atoms. The van der Waals surface area contributed by atoms with Crippen molar-refractivity contribution >= 4 is 15.7 Å². The Kier molecular flexibility index (Phi) is 5.38. The highest BCUT2D eigenvalue weighted by molar-refractivity contribution is 7.91. The van der Waals surface area contributed by atoms with Crippen LogP contribution in [0, 0.1) is 11.8 Å². The van der Waals surface area contributed by atoms with Crippen LogP contribution in [-0.4, -0.2) is 49.4 Å². The highest BCUT2D eigenvalue weighted by atomic mass is 32.2. The van der Waals surface area contributed by atoms with Crippen LogP contribution < -0.4 is 14.8 Å². The number of sulfone groups is 1. The highest BCUT2D eigenvalue weighted by Gasteiger charge is 2.41. The van der Waals surface area contributed by atoms with E-state index in [1.807, 2.05) is 6.07 Å². The van der Waals surface area contributed by atoms with Crippen molar-refractivity contribution in [2.24, 2.45) is 11.8 Å². The molecule has 1 N–H and O–H groups in total. The molecule has 3 atom stereocenters. The molecular weight excluding hydrogens is 452 g/mol. The van der Waals surface area contributed by atoms with Gasteiger partial charge in [-0.2, -0.15) is 0 Å². The fourth-order valence-electron chi connectivity index (χ4n) is 5.41. The van der Waals surface area contributed by atoms with Gasteiger partial charge in [-0.1, -0.05) is 24.3 Å². The molecular formula is C25H26N4O4S. The van der Waals surface area contributed by atoms with Crippen molar-refractivity contribution in [1.29, 1.82) is 0 Å². The number of ether oxygens (including phenoxy) is 2. The molecule has 3 aliphatic rings. The van der Waals surface area contributed by atoms with Crippen LogP contribution in [0.1, 0.15) is 18.4 Å². The zero-order valence-electron chi connectivity index (χ0n) is 18.6. The van der Waals surface area contributed by atoms with Gasteiger partial charge in [0.25, 0.3) is 0 Å². The largest absolute Gasteiger partial charge is 0.454 e. The topological polar surface area (TPSA) is 93.7 Å². The third kappa shape index (κ3) is 4.10. The number of fused-ring (bicyclic) bond motifs is 2. The summed E-state index contributed by atoms with van der Waals surface area (Å²) < 4.78 is 36.3. The summed E-state index contributed by atoms with van der Waals surface area (Å²) in [4.78, 5) is 2.74. The minimum absolute atomic E-state index is 0.0355. The van der Waals surface area contributed by atoms with Gasteiger partial charge in [-0.15, -0.1) is 10.2 Å². The first kappa shape index (κ1) is 21.4. The molecule has 2 aliphatic heterocycles. The molecule has 1 saturated carbocycles. The average Bonchev–Trinajstić information content (AvgIpc) is 3.55. The predicted molar refractivity (Wildman–Crippen MR) is 125 cm³/mol. The van der Waals surface area contributed by atoms with E-state index in [-0.39, 0.29) is 9.92 Å². The Morgan fingerprint density at radius 2 is 1.68 bits per heavy atom. The van der Waals surface area contributed by atoms with Crippen molar-refractivity contribution < 1.29 is 17.9 Å². The number of likely N-dealkylation sites (tertiary alicyclic amines) is 1. The summed E-state index contributed by atoms with van der Waals surface area (Å²) in [7, 11) is -3.65. The van der Waals surface area contributed by atoms with Crippen LogP contribution in [0.25, 0.3) is 0 Å². The number of rotatable bonds is 6. The summed E-state index contributed by atoms with van der Waals surface area (Å²) in [6.45, 7) is 3.38. The average molecular weight is 479 g/mol. The van der Waals surface area contributed by atoms with E-state index in [1.165, 1.54) is 11.6 Å². The molecule has 2 fully saturated rings. The fourth-order valence-corrected chi connectivity index (χ4v) is 6.56. The lowest BCUT2D eigenvalue weighted by molar-refractivity contribution is 0.174. The normalized spacial score (nSPS) is 23.7. The van der Waals surface area contributed by atoms with Gasteiger partial charge in [0.05, 0.1) is 4.90 Å². The van der Waals surface area contributed by atoms with Crippen LogP contribution in [0.3, 0.4) is 0 Å². The summed E-state index contributed by atoms with van der Waals surface area (Å²) in [6.07, 6.45) is 2.15. The smallest absolute Gasteiger partial charge is 0.231 e. The van der Waals surface area contributed by atoms with Crippen LogP contribution in [0.2, 0.25) is 0 Å². The van der Waals surface area contributed by atoms with Crippen LogP contribution in [-0.2, 0) is 16.4 Å². The zero-order valence-corrected chi connectivity index (χ0v) is 19.4. The molecule has 34 heavy (non-hydrogen) atoms. The van der Waals surface area contributed by atoms with Crippen molar-refractivity contribution in [3.63, 3.8) is 0 Å². The van der Waals surface area contributed by atoms with E-state index in [9.17, 15) is 8.42 Å². The Morgan fingerprint density at radius 1 is 0.912 bits per heavy atom. The Balaban J connectivity index is 1.04. The minimum Gasteiger partial charge on any atom is -0.454 e. The molecule has 0 radical (unpaired) electrons. The van der Waals surface area contributed by atoms with E-state index in [0.717, 1.165) is 44.0 Å². The Bertz CT molecular complexity index is 1270. The Labute approximate surface area is 198 Å². The fraction of sp³-hybridized carbons (Fsp3) is 0.360. The van der Waals surface area contributed by atoms with Crippen LogP contribution in [0.15, 0.2) is 70.6 Å². The van der Waals surface area contributed by atoms with E-state index in [4.69, 9.17) is 9.47 Å². The van der Waals surface area contributed by atoms with Crippen LogP contribution in [0.4, 0.5) is 5.82 Å². The second-order valence-corrected chi connectivity index (χ2v) is 11.2. The molecule has 1 unspecified atom stereocenters. The first-order valence-electron chi connectivity index (χ1n) is 11.6. The number of nitrogens with one attached hydrogen (secondary N) is 1. The second-order valence-electron chi connectivity index (χ2n) is 9.29. The van der Waals surface area contributed by atoms with Gasteiger partial charge in [-0.05, 0) is 66.6 Å². The van der Waals surface area contributed by atoms with E-state index >= 15 is 0 Å². The lowest BCUT2D eigenvalue weighted by atomic mass is 10.0. The molecule has 3 aromatic rings. The van der Waals surface area contributed by atoms with E-state index in [2.05, 4.69) is 32.5 Å². The summed E-state index contributed by atoms with van der Waals surface area (Å²) in [5.74, 6) is 3.58. The summed E-state index contributed by atoms with van der Waals surface area (Å²) in [6, 6.07) is 18.1. The van der Waals surface area contributed by atoms with E-state index in [1.54, 1.807) is 36.4 Å². The van der Waals surface area contributed by atoms with Crippen molar-refractivity contribution in [3.05, 3.63) is 66.2 Å². The van der Waals surface area contributed by atoms with Gasteiger partial charge in [-0.3, -0.25) is 4.90 Å². The van der Waals surface area contributed by atoms with Gasteiger partial charge in [0.1, 0.15) is 5.82 Å². The van der Waals surface area contributed by atoms with Gasteiger partial charge < -0.3 is 14.8 Å². The second kappa shape index (κ2) is 8.56. The summed E-state index contributed by atoms with van der Waals surface area (Å²) >= 11 is 0. The molecule has 2 aromatic carbocycles. The summed E-state index contributed by atoms with van der Waals surface area (Å²) in [5, 5.41) is 11.6. The third-order valence-electron chi connectivity index (χ3n) is 6.99. The first-order chi connectivity index (χ1) is 16.5. The maximum atomic E-state index is 12.7. The van der Waals surface area contributed by atoms with Crippen molar-refractivity contribution in [3.8, 4) is 11.5 Å². The van der Waals surface area contributed by atoms with Crippen molar-refractivity contribution in [2.75, 3.05) is 25.2 Å². The van der Waals surface area contributed by atoms with Gasteiger partial charge >= 0.3 is 0 Å². The maximum Gasteiger partial charge on any atom is 0.231 e. The quantitative estimate of drug-likeness (QED) is 0.577. The monoisotopic (exact) mass is 478 g/mol. The number of aromatic nitrogens is 2. The number of hydrogen-bond donors (Lipinski definition) is 1. The van der Waals surface area contributed by atoms with Gasteiger partial charge in [0, 0.05) is 25.7 Å². The minimum atomic E-state index is -3.65. The molecule has 3 heterocycles.